The van der Waals surface area contributed by atoms with Crippen LogP contribution in [0.3, 0.4) is 0 Å². The molecule has 0 radical (unpaired) electrons. The van der Waals surface area contributed by atoms with Gasteiger partial charge in [-0.05, 0) is 24.3 Å². The summed E-state index contributed by atoms with van der Waals surface area (Å²) in [7, 11) is -8.52. The molecule has 3 rings (SSSR count). The normalized spacial score (nSPS) is 19.8. The first-order chi connectivity index (χ1) is 12.7. The second-order valence-corrected chi connectivity index (χ2v) is 11.4. The molecule has 1 unspecified atom stereocenters. The van der Waals surface area contributed by atoms with E-state index in [2.05, 4.69) is 0 Å². The van der Waals surface area contributed by atoms with Crippen LogP contribution >= 0.6 is 15.2 Å². The minimum absolute atomic E-state index is 0.0814. The third-order valence-electron chi connectivity index (χ3n) is 3.79. The molecule has 1 heterocycles. The van der Waals surface area contributed by atoms with Crippen molar-refractivity contribution in [3.05, 3.63) is 60.7 Å². The van der Waals surface area contributed by atoms with Crippen LogP contribution in [0.15, 0.2) is 60.7 Å². The van der Waals surface area contributed by atoms with E-state index in [1.807, 2.05) is 13.8 Å². The lowest BCUT2D eigenvalue weighted by atomic mass is 9.97. The minimum atomic E-state index is -4.39. The van der Waals surface area contributed by atoms with Crippen LogP contribution in [0.2, 0.25) is 0 Å². The molecule has 0 saturated carbocycles. The number of benzene rings is 2. The van der Waals surface area contributed by atoms with Crippen molar-refractivity contribution in [1.82, 2.24) is 0 Å². The highest BCUT2D eigenvalue weighted by Gasteiger charge is 2.55. The van der Waals surface area contributed by atoms with Crippen LogP contribution in [0.25, 0.3) is 0 Å². The maximum Gasteiger partial charge on any atom is 0.471 e. The standard InChI is InChI=1S/C18H22O7P2/c1-18(2)13-22-26(20,23-14-18)17(19)27(21,24-15-9-5-3-6-10-15)25-16-11-7-4-8-12-16/h3-12,17,19H,13-14H2,1-2H3. The van der Waals surface area contributed by atoms with Gasteiger partial charge in [-0.15, -0.1) is 0 Å². The molecule has 2 aromatic rings. The van der Waals surface area contributed by atoms with Crippen molar-refractivity contribution in [2.45, 2.75) is 19.4 Å². The molecular weight excluding hydrogens is 390 g/mol. The van der Waals surface area contributed by atoms with E-state index in [1.165, 1.54) is 0 Å². The van der Waals surface area contributed by atoms with Gasteiger partial charge < -0.3 is 23.2 Å². The Balaban J connectivity index is 1.91. The monoisotopic (exact) mass is 412 g/mol. The highest BCUT2D eigenvalue weighted by atomic mass is 31.2. The second-order valence-electron chi connectivity index (χ2n) is 6.95. The predicted molar refractivity (Wildman–Crippen MR) is 101 cm³/mol. The van der Waals surface area contributed by atoms with Crippen LogP contribution in [-0.2, 0) is 18.2 Å². The van der Waals surface area contributed by atoms with E-state index in [0.717, 1.165) is 0 Å². The molecule has 1 aliphatic heterocycles. The molecule has 9 heteroatoms. The first-order valence-electron chi connectivity index (χ1n) is 8.38. The zero-order valence-corrected chi connectivity index (χ0v) is 16.8. The molecule has 1 aliphatic rings. The van der Waals surface area contributed by atoms with E-state index in [0.29, 0.717) is 0 Å². The second kappa shape index (κ2) is 7.78. The molecule has 2 aromatic carbocycles. The molecule has 1 fully saturated rings. The summed E-state index contributed by atoms with van der Waals surface area (Å²) in [6.45, 7) is 3.89. The SMILES string of the molecule is CC1(C)COP(=O)(C(O)P(=O)(Oc2ccccc2)Oc2ccccc2)OC1. The van der Waals surface area contributed by atoms with Crippen molar-refractivity contribution in [3.63, 3.8) is 0 Å². The third-order valence-corrected chi connectivity index (χ3v) is 8.52. The Kier molecular flexibility index (Phi) is 5.80. The fraction of sp³-hybridized carbons (Fsp3) is 0.333. The van der Waals surface area contributed by atoms with Gasteiger partial charge in [0.15, 0.2) is 0 Å². The van der Waals surface area contributed by atoms with E-state index < -0.39 is 20.8 Å². The van der Waals surface area contributed by atoms with Gasteiger partial charge in [-0.25, -0.2) is 4.57 Å². The smallest absolute Gasteiger partial charge is 0.414 e. The Labute approximate surface area is 158 Å². The van der Waals surface area contributed by atoms with Gasteiger partial charge in [0.2, 0.25) is 0 Å². The summed E-state index contributed by atoms with van der Waals surface area (Å²) in [6, 6.07) is 16.4. The van der Waals surface area contributed by atoms with Gasteiger partial charge >= 0.3 is 15.2 Å². The summed E-state index contributed by atoms with van der Waals surface area (Å²) in [5.74, 6) is 0.388. The van der Waals surface area contributed by atoms with E-state index >= 15 is 0 Å². The molecule has 7 nitrogen and oxygen atoms in total. The molecule has 146 valence electrons. The molecule has 1 saturated heterocycles. The van der Waals surface area contributed by atoms with Crippen LogP contribution < -0.4 is 9.05 Å². The average molecular weight is 412 g/mol. The average Bonchev–Trinajstić information content (AvgIpc) is 2.65. The largest absolute Gasteiger partial charge is 0.471 e. The maximum absolute atomic E-state index is 13.5. The number of hydrogen-bond acceptors (Lipinski definition) is 7. The van der Waals surface area contributed by atoms with Crippen molar-refractivity contribution in [3.8, 4) is 11.5 Å². The van der Waals surface area contributed by atoms with Crippen molar-refractivity contribution >= 4 is 15.2 Å². The highest BCUT2D eigenvalue weighted by Crippen LogP contribution is 2.70. The lowest BCUT2D eigenvalue weighted by Gasteiger charge is -2.36. The summed E-state index contributed by atoms with van der Waals surface area (Å²) < 4.78 is 48.1. The number of aliphatic hydroxyl groups excluding tert-OH is 1. The number of hydrogen-bond donors (Lipinski definition) is 1. The Hall–Kier alpha value is -1.62. The van der Waals surface area contributed by atoms with E-state index in [4.69, 9.17) is 18.1 Å². The highest BCUT2D eigenvalue weighted by molar-refractivity contribution is 7.72. The van der Waals surface area contributed by atoms with Crippen LogP contribution in [0.5, 0.6) is 11.5 Å². The lowest BCUT2D eigenvalue weighted by molar-refractivity contribution is 0.0290. The van der Waals surface area contributed by atoms with Crippen molar-refractivity contribution < 1.29 is 32.3 Å². The molecule has 0 aromatic heterocycles. The Bertz CT molecular complexity index is 795. The Morgan fingerprint density at radius 1 is 0.963 bits per heavy atom. The molecule has 0 amide bonds. The minimum Gasteiger partial charge on any atom is -0.414 e. The molecule has 0 aliphatic carbocycles. The molecule has 1 atom stereocenters. The summed E-state index contributed by atoms with van der Waals surface area (Å²) >= 11 is 0. The number of para-hydroxylation sites is 2. The molecule has 0 bridgehead atoms. The summed E-state index contributed by atoms with van der Waals surface area (Å²) in [5, 5.41) is 10.7. The van der Waals surface area contributed by atoms with Gasteiger partial charge in [0.1, 0.15) is 11.5 Å². The first kappa shape index (κ1) is 20.1. The van der Waals surface area contributed by atoms with Gasteiger partial charge in [-0.1, -0.05) is 50.2 Å². The van der Waals surface area contributed by atoms with Crippen molar-refractivity contribution in [2.24, 2.45) is 5.41 Å². The zero-order valence-electron chi connectivity index (χ0n) is 15.1. The number of aliphatic hydroxyl groups is 1. The zero-order chi connectivity index (χ0) is 19.5. The summed E-state index contributed by atoms with van der Waals surface area (Å²) in [6.07, 6.45) is 0. The van der Waals surface area contributed by atoms with Crippen LogP contribution in [0.1, 0.15) is 13.8 Å². The van der Waals surface area contributed by atoms with Gasteiger partial charge in [-0.3, -0.25) is 4.57 Å². The Morgan fingerprint density at radius 2 is 1.37 bits per heavy atom. The van der Waals surface area contributed by atoms with Crippen LogP contribution in [0, 0.1) is 5.41 Å². The van der Waals surface area contributed by atoms with Gasteiger partial charge in [0.05, 0.1) is 13.2 Å². The quantitative estimate of drug-likeness (QED) is 0.676. The topological polar surface area (TPSA) is 91.3 Å². The molecule has 1 N–H and O–H groups in total. The van der Waals surface area contributed by atoms with Gasteiger partial charge in [-0.2, -0.15) is 0 Å². The molecule has 0 spiro atoms. The lowest BCUT2D eigenvalue weighted by Crippen LogP contribution is -2.33. The Morgan fingerprint density at radius 3 is 1.78 bits per heavy atom. The number of rotatable bonds is 6. The van der Waals surface area contributed by atoms with Crippen molar-refractivity contribution in [1.29, 1.82) is 0 Å². The summed E-state index contributed by atoms with van der Waals surface area (Å²) in [4.78, 5) is 0. The van der Waals surface area contributed by atoms with Gasteiger partial charge in [0, 0.05) is 5.41 Å². The fourth-order valence-electron chi connectivity index (χ4n) is 2.28. The first-order valence-corrected chi connectivity index (χ1v) is 11.6. The van der Waals surface area contributed by atoms with Gasteiger partial charge in [0.25, 0.3) is 5.59 Å². The van der Waals surface area contributed by atoms with E-state index in [9.17, 15) is 14.2 Å². The molecule has 27 heavy (non-hydrogen) atoms. The summed E-state index contributed by atoms with van der Waals surface area (Å²) in [5.41, 5.74) is -2.47. The maximum atomic E-state index is 13.5. The van der Waals surface area contributed by atoms with Crippen LogP contribution in [-0.4, -0.2) is 23.9 Å². The van der Waals surface area contributed by atoms with E-state index in [-0.39, 0.29) is 30.1 Å². The fourth-order valence-corrected chi connectivity index (χ4v) is 6.81. The van der Waals surface area contributed by atoms with E-state index in [1.54, 1.807) is 60.7 Å². The molecular formula is C18H22O7P2. The predicted octanol–water partition coefficient (Wildman–Crippen LogP) is 4.88. The third kappa shape index (κ3) is 4.81. The van der Waals surface area contributed by atoms with Crippen molar-refractivity contribution in [2.75, 3.05) is 13.2 Å². The van der Waals surface area contributed by atoms with Crippen LogP contribution in [0.4, 0.5) is 0 Å².